The Morgan fingerprint density at radius 3 is 2.59 bits per heavy atom. The zero-order valence-corrected chi connectivity index (χ0v) is 15.0. The van der Waals surface area contributed by atoms with Crippen LogP contribution in [0.25, 0.3) is 0 Å². The molecule has 0 aliphatic carbocycles. The van der Waals surface area contributed by atoms with Crippen molar-refractivity contribution in [3.05, 3.63) is 35.4 Å². The Labute approximate surface area is 158 Å². The van der Waals surface area contributed by atoms with Crippen molar-refractivity contribution in [1.29, 1.82) is 0 Å². The Morgan fingerprint density at radius 1 is 1.15 bits per heavy atom. The molecule has 5 nitrogen and oxygen atoms in total. The first-order valence-corrected chi connectivity index (χ1v) is 9.22. The third kappa shape index (κ3) is 4.17. The number of alkyl halides is 3. The highest BCUT2D eigenvalue weighted by Gasteiger charge is 2.40. The summed E-state index contributed by atoms with van der Waals surface area (Å²) in [6, 6.07) is 4.68. The van der Waals surface area contributed by atoms with Gasteiger partial charge in [0.1, 0.15) is 6.10 Å². The minimum atomic E-state index is -4.35. The SMILES string of the molecule is FC(F)(F)c1ccc(C#CCOc2nsnc2OC2CN3CCC2C3)cc1. The second-order valence-corrected chi connectivity index (χ2v) is 7.03. The van der Waals surface area contributed by atoms with Crippen LogP contribution in [-0.2, 0) is 6.18 Å². The number of piperidine rings is 1. The molecule has 3 unspecified atom stereocenters. The van der Waals surface area contributed by atoms with E-state index in [-0.39, 0.29) is 12.7 Å². The lowest BCUT2D eigenvalue weighted by atomic mass is 10.0. The van der Waals surface area contributed by atoms with Gasteiger partial charge in [0.05, 0.1) is 17.3 Å². The molecule has 2 bridgehead atoms. The van der Waals surface area contributed by atoms with Crippen LogP contribution in [-0.4, -0.2) is 46.0 Å². The number of aromatic nitrogens is 2. The van der Waals surface area contributed by atoms with Crippen molar-refractivity contribution in [2.75, 3.05) is 26.2 Å². The number of hydrogen-bond acceptors (Lipinski definition) is 6. The van der Waals surface area contributed by atoms with E-state index in [9.17, 15) is 13.2 Å². The molecule has 27 heavy (non-hydrogen) atoms. The van der Waals surface area contributed by atoms with E-state index in [1.165, 1.54) is 12.1 Å². The Hall–Kier alpha value is -2.31. The van der Waals surface area contributed by atoms with Crippen LogP contribution in [0.2, 0.25) is 0 Å². The summed E-state index contributed by atoms with van der Waals surface area (Å²) in [6.45, 7) is 3.14. The van der Waals surface area contributed by atoms with Crippen molar-refractivity contribution in [3.63, 3.8) is 0 Å². The molecule has 0 radical (unpaired) electrons. The molecule has 3 atom stereocenters. The van der Waals surface area contributed by atoms with Gasteiger partial charge in [0.15, 0.2) is 6.61 Å². The van der Waals surface area contributed by atoms with Crippen LogP contribution in [0, 0.1) is 17.8 Å². The fourth-order valence-corrected chi connectivity index (χ4v) is 3.77. The smallest absolute Gasteiger partial charge is 0.416 e. The van der Waals surface area contributed by atoms with Crippen LogP contribution in [0.4, 0.5) is 13.2 Å². The van der Waals surface area contributed by atoms with Crippen molar-refractivity contribution in [2.45, 2.75) is 18.7 Å². The van der Waals surface area contributed by atoms with E-state index in [0.717, 1.165) is 49.9 Å². The molecule has 0 saturated carbocycles. The predicted octanol–water partition coefficient (Wildman–Crippen LogP) is 3.07. The lowest BCUT2D eigenvalue weighted by Gasteiger charge is -2.22. The second kappa shape index (κ2) is 7.37. The molecule has 0 N–H and O–H groups in total. The Kier molecular flexibility index (Phi) is 4.93. The van der Waals surface area contributed by atoms with Gasteiger partial charge in [-0.1, -0.05) is 11.8 Å². The fourth-order valence-electron chi connectivity index (χ4n) is 3.33. The summed E-state index contributed by atoms with van der Waals surface area (Å²) in [6.07, 6.45) is -3.10. The number of rotatable bonds is 4. The summed E-state index contributed by atoms with van der Waals surface area (Å²) < 4.78 is 57.3. The topological polar surface area (TPSA) is 47.5 Å². The first-order valence-electron chi connectivity index (χ1n) is 8.49. The minimum absolute atomic E-state index is 0.0447. The number of fused-ring (bicyclic) bond motifs is 2. The zero-order valence-electron chi connectivity index (χ0n) is 14.2. The molecule has 1 aromatic carbocycles. The van der Waals surface area contributed by atoms with Gasteiger partial charge in [0, 0.05) is 24.6 Å². The summed E-state index contributed by atoms with van der Waals surface area (Å²) in [4.78, 5) is 2.37. The summed E-state index contributed by atoms with van der Waals surface area (Å²) in [5.74, 6) is 6.75. The summed E-state index contributed by atoms with van der Waals surface area (Å²) >= 11 is 1.01. The quantitative estimate of drug-likeness (QED) is 0.745. The molecular formula is C18H16F3N3O2S. The van der Waals surface area contributed by atoms with Gasteiger partial charge in [-0.05, 0) is 37.2 Å². The van der Waals surface area contributed by atoms with Gasteiger partial charge in [-0.2, -0.15) is 13.2 Å². The highest BCUT2D eigenvalue weighted by molar-refractivity contribution is 6.99. The lowest BCUT2D eigenvalue weighted by molar-refractivity contribution is -0.137. The molecule has 9 heteroatoms. The summed E-state index contributed by atoms with van der Waals surface area (Å²) in [7, 11) is 0. The number of benzene rings is 1. The number of hydrogen-bond donors (Lipinski definition) is 0. The van der Waals surface area contributed by atoms with Gasteiger partial charge >= 0.3 is 6.18 Å². The van der Waals surface area contributed by atoms with Crippen molar-refractivity contribution in [1.82, 2.24) is 13.6 Å². The highest BCUT2D eigenvalue weighted by Crippen LogP contribution is 2.33. The van der Waals surface area contributed by atoms with Crippen LogP contribution >= 0.6 is 11.7 Å². The van der Waals surface area contributed by atoms with Crippen LogP contribution < -0.4 is 9.47 Å². The molecule has 3 heterocycles. The molecule has 2 aliphatic heterocycles. The zero-order chi connectivity index (χ0) is 18.9. The van der Waals surface area contributed by atoms with Crippen LogP contribution in [0.15, 0.2) is 24.3 Å². The molecule has 142 valence electrons. The average Bonchev–Trinajstić information content (AvgIpc) is 3.36. The van der Waals surface area contributed by atoms with Crippen molar-refractivity contribution < 1.29 is 22.6 Å². The molecule has 0 amide bonds. The second-order valence-electron chi connectivity index (χ2n) is 6.50. The molecule has 2 aliphatic rings. The van der Waals surface area contributed by atoms with Gasteiger partial charge < -0.3 is 9.47 Å². The number of nitrogens with zero attached hydrogens (tertiary/aromatic N) is 3. The van der Waals surface area contributed by atoms with Crippen molar-refractivity contribution >= 4 is 11.7 Å². The molecule has 2 saturated heterocycles. The maximum Gasteiger partial charge on any atom is 0.416 e. The Bertz CT molecular complexity index is 857. The molecule has 2 fully saturated rings. The molecule has 4 rings (SSSR count). The van der Waals surface area contributed by atoms with E-state index in [4.69, 9.17) is 9.47 Å². The van der Waals surface area contributed by atoms with E-state index in [1.807, 2.05) is 0 Å². The van der Waals surface area contributed by atoms with Gasteiger partial charge in [-0.25, -0.2) is 0 Å². The maximum atomic E-state index is 12.5. The first kappa shape index (κ1) is 18.1. The first-order chi connectivity index (χ1) is 13.0. The minimum Gasteiger partial charge on any atom is -0.468 e. The number of halogens is 3. The monoisotopic (exact) mass is 395 g/mol. The van der Waals surface area contributed by atoms with Gasteiger partial charge in [-0.3, -0.25) is 4.90 Å². The fraction of sp³-hybridized carbons (Fsp3) is 0.444. The summed E-state index contributed by atoms with van der Waals surface area (Å²) in [5, 5.41) is 0. The van der Waals surface area contributed by atoms with Crippen LogP contribution in [0.5, 0.6) is 11.8 Å². The van der Waals surface area contributed by atoms with Gasteiger partial charge in [0.2, 0.25) is 0 Å². The average molecular weight is 395 g/mol. The van der Waals surface area contributed by atoms with E-state index >= 15 is 0 Å². The van der Waals surface area contributed by atoms with Crippen molar-refractivity contribution in [3.8, 4) is 23.6 Å². The molecule has 2 aromatic rings. The predicted molar refractivity (Wildman–Crippen MR) is 92.7 cm³/mol. The lowest BCUT2D eigenvalue weighted by Crippen LogP contribution is -2.32. The Balaban J connectivity index is 1.31. The van der Waals surface area contributed by atoms with E-state index < -0.39 is 11.7 Å². The molecule has 0 spiro atoms. The standard InChI is InChI=1S/C18H16F3N3O2S/c19-18(20,21)14-5-3-12(4-6-14)2-1-9-25-16-17(23-27-22-16)26-15-11-24-8-7-13(15)10-24/h3-6,13,15H,7-11H2. The largest absolute Gasteiger partial charge is 0.468 e. The normalized spacial score (nSPS) is 23.7. The van der Waals surface area contributed by atoms with Crippen LogP contribution in [0.3, 0.4) is 0 Å². The van der Waals surface area contributed by atoms with Crippen molar-refractivity contribution in [2.24, 2.45) is 5.92 Å². The molecule has 1 aromatic heterocycles. The third-order valence-electron chi connectivity index (χ3n) is 4.69. The van der Waals surface area contributed by atoms with Gasteiger partial charge in [-0.15, -0.1) is 8.75 Å². The highest BCUT2D eigenvalue weighted by atomic mass is 32.1. The van der Waals surface area contributed by atoms with E-state index in [0.29, 0.717) is 23.2 Å². The van der Waals surface area contributed by atoms with Gasteiger partial charge in [0.25, 0.3) is 11.8 Å². The Morgan fingerprint density at radius 2 is 1.93 bits per heavy atom. The van der Waals surface area contributed by atoms with E-state index in [1.54, 1.807) is 0 Å². The molecular weight excluding hydrogens is 379 g/mol. The van der Waals surface area contributed by atoms with Crippen LogP contribution in [0.1, 0.15) is 17.5 Å². The van der Waals surface area contributed by atoms with E-state index in [2.05, 4.69) is 25.5 Å². The maximum absolute atomic E-state index is 12.5. The number of ether oxygens (including phenoxy) is 2. The third-order valence-corrected chi connectivity index (χ3v) is 5.19. The summed E-state index contributed by atoms with van der Waals surface area (Å²) in [5.41, 5.74) is -0.216.